The van der Waals surface area contributed by atoms with E-state index >= 15 is 0 Å². The van der Waals surface area contributed by atoms with E-state index in [2.05, 4.69) is 27.2 Å². The van der Waals surface area contributed by atoms with Crippen molar-refractivity contribution in [2.75, 3.05) is 17.2 Å². The Morgan fingerprint density at radius 1 is 1.04 bits per heavy atom. The maximum Gasteiger partial charge on any atom is 0.274 e. The molecule has 140 valence electrons. The van der Waals surface area contributed by atoms with E-state index in [4.69, 9.17) is 0 Å². The molecule has 6 heteroatoms. The third-order valence-electron chi connectivity index (χ3n) is 3.95. The summed E-state index contributed by atoms with van der Waals surface area (Å²) in [5.41, 5.74) is 2.07. The third-order valence-corrected chi connectivity index (χ3v) is 3.95. The lowest BCUT2D eigenvalue weighted by Gasteiger charge is -2.10. The van der Waals surface area contributed by atoms with Gasteiger partial charge in [0.2, 0.25) is 0 Å². The highest BCUT2D eigenvalue weighted by Crippen LogP contribution is 2.19. The Morgan fingerprint density at radius 2 is 1.82 bits per heavy atom. The van der Waals surface area contributed by atoms with Gasteiger partial charge in [-0.15, -0.1) is 6.58 Å². The Bertz CT molecular complexity index is 1020. The molecule has 2 N–H and O–H groups in total. The molecule has 0 aliphatic rings. The van der Waals surface area contributed by atoms with Crippen molar-refractivity contribution in [3.8, 4) is 11.4 Å². The number of Topliss-reactive ketones (excluding diaryl/α,β-unsaturated/α-hetero) is 1. The molecule has 6 nitrogen and oxygen atoms in total. The number of anilines is 2. The monoisotopic (exact) mass is 372 g/mol. The molecule has 0 bridgehead atoms. The van der Waals surface area contributed by atoms with Gasteiger partial charge in [0, 0.05) is 29.4 Å². The Kier molecular flexibility index (Phi) is 5.91. The van der Waals surface area contributed by atoms with E-state index in [1.54, 1.807) is 36.4 Å². The number of nitrogens with zero attached hydrogens (tertiary/aromatic N) is 2. The topological polar surface area (TPSA) is 84.0 Å². The van der Waals surface area contributed by atoms with Gasteiger partial charge in [0.25, 0.3) is 5.91 Å². The minimum Gasteiger partial charge on any atom is -0.366 e. The summed E-state index contributed by atoms with van der Waals surface area (Å²) in [5, 5.41) is 5.88. The van der Waals surface area contributed by atoms with E-state index in [1.165, 1.54) is 6.92 Å². The van der Waals surface area contributed by atoms with Crippen LogP contribution in [0.15, 0.2) is 73.3 Å². The number of aromatic nitrogens is 2. The average Bonchev–Trinajstić information content (AvgIpc) is 2.72. The predicted molar refractivity (Wildman–Crippen MR) is 111 cm³/mol. The van der Waals surface area contributed by atoms with Crippen molar-refractivity contribution in [2.45, 2.75) is 6.92 Å². The molecule has 0 spiro atoms. The van der Waals surface area contributed by atoms with Crippen LogP contribution in [-0.2, 0) is 0 Å². The van der Waals surface area contributed by atoms with Crippen molar-refractivity contribution in [1.29, 1.82) is 0 Å². The number of carbonyl (C=O) groups is 2. The lowest BCUT2D eigenvalue weighted by molar-refractivity contribution is 0.100. The van der Waals surface area contributed by atoms with Crippen LogP contribution in [0.5, 0.6) is 0 Å². The molecular weight excluding hydrogens is 352 g/mol. The second kappa shape index (κ2) is 8.73. The zero-order valence-corrected chi connectivity index (χ0v) is 15.5. The smallest absolute Gasteiger partial charge is 0.274 e. The zero-order chi connectivity index (χ0) is 19.9. The number of nitrogens with one attached hydrogen (secondary N) is 2. The van der Waals surface area contributed by atoms with Crippen LogP contribution in [0, 0.1) is 0 Å². The molecule has 1 amide bonds. The third kappa shape index (κ3) is 4.67. The van der Waals surface area contributed by atoms with Crippen LogP contribution in [0.25, 0.3) is 11.4 Å². The summed E-state index contributed by atoms with van der Waals surface area (Å²) in [7, 11) is 0. The normalized spacial score (nSPS) is 10.2. The first-order valence-electron chi connectivity index (χ1n) is 8.78. The molecule has 0 saturated carbocycles. The maximum atomic E-state index is 12.8. The van der Waals surface area contributed by atoms with Crippen molar-refractivity contribution in [1.82, 2.24) is 9.97 Å². The summed E-state index contributed by atoms with van der Waals surface area (Å²) >= 11 is 0. The van der Waals surface area contributed by atoms with Crippen LogP contribution in [-0.4, -0.2) is 28.2 Å². The highest BCUT2D eigenvalue weighted by Gasteiger charge is 2.14. The molecule has 0 saturated heterocycles. The van der Waals surface area contributed by atoms with E-state index in [0.717, 1.165) is 5.56 Å². The molecule has 0 aliphatic carbocycles. The van der Waals surface area contributed by atoms with Gasteiger partial charge in [-0.25, -0.2) is 9.97 Å². The lowest BCUT2D eigenvalue weighted by Crippen LogP contribution is -2.16. The minimum atomic E-state index is -0.387. The van der Waals surface area contributed by atoms with Crippen LogP contribution in [0.2, 0.25) is 0 Å². The summed E-state index contributed by atoms with van der Waals surface area (Å²) in [5.74, 6) is 0.510. The van der Waals surface area contributed by atoms with Crippen molar-refractivity contribution in [3.05, 3.63) is 84.6 Å². The fourth-order valence-electron chi connectivity index (χ4n) is 2.56. The average molecular weight is 372 g/mol. The number of amides is 1. The highest BCUT2D eigenvalue weighted by atomic mass is 16.2. The van der Waals surface area contributed by atoms with Gasteiger partial charge in [0.05, 0.1) is 0 Å². The first-order chi connectivity index (χ1) is 13.6. The van der Waals surface area contributed by atoms with E-state index in [-0.39, 0.29) is 17.4 Å². The second-order valence-corrected chi connectivity index (χ2v) is 6.09. The Balaban J connectivity index is 1.93. The molecule has 3 rings (SSSR count). The van der Waals surface area contributed by atoms with Gasteiger partial charge in [0.1, 0.15) is 11.5 Å². The summed E-state index contributed by atoms with van der Waals surface area (Å²) in [4.78, 5) is 33.2. The van der Waals surface area contributed by atoms with Crippen molar-refractivity contribution in [3.63, 3.8) is 0 Å². The molecule has 0 unspecified atom stereocenters. The first kappa shape index (κ1) is 19.0. The number of hydrogen-bond acceptors (Lipinski definition) is 5. The molecule has 2 aromatic carbocycles. The van der Waals surface area contributed by atoms with E-state index in [1.807, 2.05) is 30.3 Å². The second-order valence-electron chi connectivity index (χ2n) is 6.09. The molecular formula is C22H20N4O2. The first-order valence-corrected chi connectivity index (χ1v) is 8.78. The zero-order valence-electron chi connectivity index (χ0n) is 15.5. The molecule has 0 atom stereocenters. The molecule has 0 fully saturated rings. The van der Waals surface area contributed by atoms with Gasteiger partial charge in [-0.2, -0.15) is 0 Å². The van der Waals surface area contributed by atoms with Crippen LogP contribution in [0.1, 0.15) is 27.8 Å². The molecule has 0 aliphatic heterocycles. The summed E-state index contributed by atoms with van der Waals surface area (Å²) in [6.07, 6.45) is 1.71. The molecule has 3 aromatic rings. The van der Waals surface area contributed by atoms with Crippen LogP contribution < -0.4 is 10.6 Å². The fourth-order valence-corrected chi connectivity index (χ4v) is 2.56. The number of carbonyl (C=O) groups excluding carboxylic acids is 2. The Hall–Kier alpha value is -3.80. The maximum absolute atomic E-state index is 12.8. The Labute approximate surface area is 163 Å². The van der Waals surface area contributed by atoms with Crippen molar-refractivity contribution >= 4 is 23.2 Å². The quantitative estimate of drug-likeness (QED) is 0.480. The van der Waals surface area contributed by atoms with Gasteiger partial charge < -0.3 is 10.6 Å². The van der Waals surface area contributed by atoms with E-state index in [0.29, 0.717) is 29.4 Å². The number of ketones is 1. The van der Waals surface area contributed by atoms with Gasteiger partial charge in [-0.3, -0.25) is 9.59 Å². The van der Waals surface area contributed by atoms with Crippen molar-refractivity contribution in [2.24, 2.45) is 0 Å². The fraction of sp³-hybridized carbons (Fsp3) is 0.0909. The van der Waals surface area contributed by atoms with Gasteiger partial charge in [-0.1, -0.05) is 48.5 Å². The van der Waals surface area contributed by atoms with Gasteiger partial charge in [0.15, 0.2) is 11.6 Å². The van der Waals surface area contributed by atoms with Gasteiger partial charge in [-0.05, 0) is 19.1 Å². The van der Waals surface area contributed by atoms with Crippen molar-refractivity contribution < 1.29 is 9.59 Å². The number of rotatable bonds is 7. The largest absolute Gasteiger partial charge is 0.366 e. The summed E-state index contributed by atoms with van der Waals surface area (Å²) in [6, 6.07) is 17.8. The Morgan fingerprint density at radius 3 is 2.54 bits per heavy atom. The number of benzene rings is 2. The van der Waals surface area contributed by atoms with E-state index < -0.39 is 0 Å². The van der Waals surface area contributed by atoms with E-state index in [9.17, 15) is 9.59 Å². The van der Waals surface area contributed by atoms with Crippen LogP contribution in [0.4, 0.5) is 11.5 Å². The molecule has 1 heterocycles. The summed E-state index contributed by atoms with van der Waals surface area (Å²) < 4.78 is 0. The SMILES string of the molecule is C=CCNc1cc(C(=O)Nc2cccc(C(C)=O)c2)nc(-c2ccccc2)n1. The summed E-state index contributed by atoms with van der Waals surface area (Å²) in [6.45, 7) is 5.67. The lowest BCUT2D eigenvalue weighted by atomic mass is 10.1. The molecule has 0 radical (unpaired) electrons. The van der Waals surface area contributed by atoms with Gasteiger partial charge >= 0.3 is 0 Å². The number of hydrogen-bond donors (Lipinski definition) is 2. The van der Waals surface area contributed by atoms with Crippen LogP contribution >= 0.6 is 0 Å². The van der Waals surface area contributed by atoms with Crippen LogP contribution in [0.3, 0.4) is 0 Å². The molecule has 28 heavy (non-hydrogen) atoms. The highest BCUT2D eigenvalue weighted by molar-refractivity contribution is 6.04. The predicted octanol–water partition coefficient (Wildman–Crippen LogP) is 4.20. The standard InChI is InChI=1S/C22H20N4O2/c1-3-12-23-20-14-19(25-21(26-20)16-8-5-4-6-9-16)22(28)24-18-11-7-10-17(13-18)15(2)27/h3-11,13-14H,1,12H2,2H3,(H,24,28)(H,23,25,26). The minimum absolute atomic E-state index is 0.0691. The molecule has 1 aromatic heterocycles.